The van der Waals surface area contributed by atoms with Crippen molar-refractivity contribution in [2.45, 2.75) is 47.9 Å². The van der Waals surface area contributed by atoms with Crippen LogP contribution in [-0.2, 0) is 37.4 Å². The van der Waals surface area contributed by atoms with Crippen molar-refractivity contribution in [3.8, 4) is 23.0 Å². The van der Waals surface area contributed by atoms with Crippen LogP contribution in [0.2, 0.25) is 0 Å². The molecular weight excluding hydrogens is 558 g/mol. The van der Waals surface area contributed by atoms with E-state index in [1.54, 1.807) is 7.11 Å². The number of methoxy groups -OCH3 is 1. The molecule has 4 nitrogen and oxygen atoms in total. The van der Waals surface area contributed by atoms with Crippen LogP contribution >= 0.6 is 0 Å². The van der Waals surface area contributed by atoms with E-state index in [4.69, 9.17) is 14.2 Å². The number of fused-ring (bicyclic) bond motifs is 1. The molecule has 0 bridgehead atoms. The summed E-state index contributed by atoms with van der Waals surface area (Å²) in [4.78, 5) is 10.8. The summed E-state index contributed by atoms with van der Waals surface area (Å²) in [6, 6.07) is 10.2. The Kier molecular flexibility index (Phi) is 9.67. The minimum absolute atomic E-state index is 0. The van der Waals surface area contributed by atoms with Gasteiger partial charge < -0.3 is 0 Å². The van der Waals surface area contributed by atoms with E-state index in [1.165, 1.54) is 11.1 Å². The second-order valence-corrected chi connectivity index (χ2v) is 11.3. The van der Waals surface area contributed by atoms with Crippen molar-refractivity contribution >= 4 is 6.29 Å². The van der Waals surface area contributed by atoms with Gasteiger partial charge in [0.05, 0.1) is 0 Å². The Bertz CT molecular complexity index is 840. The zero-order valence-electron chi connectivity index (χ0n) is 17.4. The molecule has 1 aliphatic rings. The minimum atomic E-state index is -0.176. The molecule has 6 heteroatoms. The van der Waals surface area contributed by atoms with Crippen LogP contribution in [0.3, 0.4) is 0 Å². The molecule has 29 heavy (non-hydrogen) atoms. The summed E-state index contributed by atoms with van der Waals surface area (Å²) in [5.41, 5.74) is 3.62. The number of rotatable bonds is 9. The molecule has 0 saturated heterocycles. The maximum atomic E-state index is 10.8. The monoisotopic (exact) mass is 584 g/mol. The Balaban J connectivity index is 0.00000300. The first kappa shape index (κ1) is 24.4. The van der Waals surface area contributed by atoms with Crippen LogP contribution in [0.4, 0.5) is 0 Å². The number of carbonyl (C=O) groups excluding carboxylic acids is 1. The Morgan fingerprint density at radius 1 is 1.28 bits per heavy atom. The van der Waals surface area contributed by atoms with Gasteiger partial charge in [0.1, 0.15) is 0 Å². The summed E-state index contributed by atoms with van der Waals surface area (Å²) >= 11 is -0.176. The molecular formula is C23H27IO4Zr-2. The fourth-order valence-electron chi connectivity index (χ4n) is 3.43. The van der Waals surface area contributed by atoms with E-state index in [-0.39, 0.29) is 47.4 Å². The summed E-state index contributed by atoms with van der Waals surface area (Å²) in [6.07, 6.45) is 4.59. The van der Waals surface area contributed by atoms with Crippen molar-refractivity contribution in [3.63, 3.8) is 0 Å². The number of alkyl halides is 2. The van der Waals surface area contributed by atoms with Crippen molar-refractivity contribution < 1.29 is 66.4 Å². The fourth-order valence-corrected chi connectivity index (χ4v) is 6.92. The normalized spacial score (nSPS) is 14.3. The van der Waals surface area contributed by atoms with E-state index in [2.05, 4.69) is 39.2 Å². The Labute approximate surface area is 203 Å². The van der Waals surface area contributed by atoms with Gasteiger partial charge in [-0.05, 0) is 0 Å². The summed E-state index contributed by atoms with van der Waals surface area (Å²) in [5.74, 6) is 3.15. The molecule has 1 aliphatic heterocycles. The van der Waals surface area contributed by atoms with E-state index in [0.29, 0.717) is 14.3 Å². The summed E-state index contributed by atoms with van der Waals surface area (Å²) in [6.45, 7) is 7.19. The third-order valence-corrected chi connectivity index (χ3v) is 9.03. The molecule has 2 aromatic carbocycles. The quantitative estimate of drug-likeness (QED) is 0.257. The first-order chi connectivity index (χ1) is 13.6. The van der Waals surface area contributed by atoms with Crippen LogP contribution in [0.25, 0.3) is 0 Å². The van der Waals surface area contributed by atoms with Crippen LogP contribution in [0.15, 0.2) is 30.3 Å². The van der Waals surface area contributed by atoms with Crippen molar-refractivity contribution in [1.29, 1.82) is 0 Å². The van der Waals surface area contributed by atoms with Crippen molar-refractivity contribution in [3.05, 3.63) is 47.0 Å². The van der Waals surface area contributed by atoms with Crippen molar-refractivity contribution in [2.75, 3.05) is 13.7 Å². The van der Waals surface area contributed by atoms with E-state index in [0.717, 1.165) is 48.0 Å². The zero-order valence-corrected chi connectivity index (χ0v) is 22.0. The van der Waals surface area contributed by atoms with Crippen LogP contribution in [0.5, 0.6) is 23.0 Å². The molecule has 2 unspecified atom stereocenters. The standard InChI is InChI=1S/C23H27IO4.Zr/c1-5-20(24-15(2)10-12-25)19-8-9-21(26-4)23(16(19)3)28-18-7-6-17-11-13-27-22(17)14-18;/h6-9,14-15,20H,5,10-11,13H2,1-4H3;/q-2;. The third-order valence-electron chi connectivity index (χ3n) is 4.95. The topological polar surface area (TPSA) is 44.8 Å². The third kappa shape index (κ3) is 5.84. The Hall–Kier alpha value is -0.877. The number of hydrogen-bond acceptors (Lipinski definition) is 4. The number of ether oxygens (including phenoxy) is 3. The van der Waals surface area contributed by atoms with E-state index in [9.17, 15) is 4.79 Å². The van der Waals surface area contributed by atoms with Gasteiger partial charge in [-0.3, -0.25) is 0 Å². The molecule has 0 spiro atoms. The molecule has 0 amide bonds. The largest absolute Gasteiger partial charge is 0 e. The number of halogens is 1. The van der Waals surface area contributed by atoms with Crippen LogP contribution in [0.1, 0.15) is 47.3 Å². The molecule has 0 saturated carbocycles. The van der Waals surface area contributed by atoms with Gasteiger partial charge in [-0.25, -0.2) is 0 Å². The molecule has 0 aliphatic carbocycles. The number of benzene rings is 2. The van der Waals surface area contributed by atoms with Crippen LogP contribution in [0, 0.1) is 6.92 Å². The average molecular weight is 586 g/mol. The molecule has 0 radical (unpaired) electrons. The first-order valence-corrected chi connectivity index (χ1v) is 12.1. The van der Waals surface area contributed by atoms with Gasteiger partial charge in [0.2, 0.25) is 0 Å². The summed E-state index contributed by atoms with van der Waals surface area (Å²) in [7, 11) is 1.67. The number of hydrogen-bond donors (Lipinski definition) is 0. The maximum Gasteiger partial charge on any atom is 0 e. The molecule has 0 N–H and O–H groups in total. The zero-order chi connectivity index (χ0) is 20.1. The van der Waals surface area contributed by atoms with Crippen LogP contribution in [-0.4, -0.2) is 23.9 Å². The first-order valence-electron chi connectivity index (χ1n) is 9.65. The van der Waals surface area contributed by atoms with Gasteiger partial charge in [0, 0.05) is 26.2 Å². The fraction of sp³-hybridized carbons (Fsp3) is 0.435. The van der Waals surface area contributed by atoms with Gasteiger partial charge >= 0.3 is 178 Å². The predicted octanol–water partition coefficient (Wildman–Crippen LogP) is 2.16. The van der Waals surface area contributed by atoms with E-state index < -0.39 is 0 Å². The average Bonchev–Trinajstić information content (AvgIpc) is 3.16. The van der Waals surface area contributed by atoms with Crippen LogP contribution < -0.4 is 35.4 Å². The van der Waals surface area contributed by atoms with Crippen molar-refractivity contribution in [1.82, 2.24) is 0 Å². The smallest absolute Gasteiger partial charge is 0 e. The van der Waals surface area contributed by atoms with Gasteiger partial charge in [-0.15, -0.1) is 0 Å². The van der Waals surface area contributed by atoms with Gasteiger partial charge in [-0.2, -0.15) is 0 Å². The maximum absolute atomic E-state index is 10.8. The summed E-state index contributed by atoms with van der Waals surface area (Å²) in [5, 5.41) is 0. The summed E-state index contributed by atoms with van der Waals surface area (Å²) < 4.78 is 18.4. The predicted molar refractivity (Wildman–Crippen MR) is 106 cm³/mol. The Morgan fingerprint density at radius 2 is 2.07 bits per heavy atom. The molecule has 156 valence electrons. The van der Waals surface area contributed by atoms with Gasteiger partial charge in [0.15, 0.2) is 0 Å². The minimum Gasteiger partial charge on any atom is 0 e. The van der Waals surface area contributed by atoms with E-state index >= 15 is 0 Å². The molecule has 2 aromatic rings. The van der Waals surface area contributed by atoms with E-state index in [1.807, 2.05) is 18.2 Å². The van der Waals surface area contributed by atoms with Gasteiger partial charge in [-0.1, -0.05) is 0 Å². The Morgan fingerprint density at radius 3 is 2.76 bits per heavy atom. The molecule has 3 rings (SSSR count). The molecule has 0 fully saturated rings. The second kappa shape index (κ2) is 11.5. The van der Waals surface area contributed by atoms with Crippen molar-refractivity contribution in [2.24, 2.45) is 0 Å². The SMILES string of the molecule is CCC([I-]C(C)C[C-]=O)c1ccc(OC)c(Oc2ccc3c(c2)OCC3)c1C.[Zr]. The molecule has 2 atom stereocenters. The molecule has 1 heterocycles. The second-order valence-electron chi connectivity index (χ2n) is 6.91. The molecule has 0 aromatic heterocycles. The van der Waals surface area contributed by atoms with Gasteiger partial charge in [0.25, 0.3) is 0 Å².